The number of nitrogens with one attached hydrogen (secondary N) is 2. The maximum atomic E-state index is 12.3. The molecule has 3 rings (SSSR count). The summed E-state index contributed by atoms with van der Waals surface area (Å²) in [6.45, 7) is 3.77. The lowest BCUT2D eigenvalue weighted by molar-refractivity contribution is -0.385. The summed E-state index contributed by atoms with van der Waals surface area (Å²) in [5.74, 6) is -0.268. The Labute approximate surface area is 163 Å². The van der Waals surface area contributed by atoms with Gasteiger partial charge >= 0.3 is 5.69 Å². The highest BCUT2D eigenvalue weighted by molar-refractivity contribution is 6.05. The molecule has 29 heavy (non-hydrogen) atoms. The first-order chi connectivity index (χ1) is 13.7. The summed E-state index contributed by atoms with van der Waals surface area (Å²) in [5, 5.41) is 30.3. The van der Waals surface area contributed by atoms with E-state index in [4.69, 9.17) is 4.74 Å². The molecule has 0 saturated carbocycles. The van der Waals surface area contributed by atoms with E-state index in [9.17, 15) is 25.0 Å². The number of benzene rings is 2. The number of nitrogens with zero attached hydrogens (tertiary/aromatic N) is 3. The highest BCUT2D eigenvalue weighted by atomic mass is 16.6. The van der Waals surface area contributed by atoms with E-state index in [-0.39, 0.29) is 22.8 Å². The number of rotatable bonds is 6. The average Bonchev–Trinajstić information content (AvgIpc) is 3.10. The Morgan fingerprint density at radius 1 is 1.00 bits per heavy atom. The fourth-order valence-electron chi connectivity index (χ4n) is 2.73. The molecule has 2 N–H and O–H groups in total. The second-order valence-corrected chi connectivity index (χ2v) is 6.24. The van der Waals surface area contributed by atoms with Crippen LogP contribution in [0, 0.1) is 34.1 Å². The van der Waals surface area contributed by atoms with Gasteiger partial charge in [0.1, 0.15) is 17.7 Å². The fraction of sp³-hybridized carbons (Fsp3) is 0.111. The van der Waals surface area contributed by atoms with Crippen molar-refractivity contribution in [1.29, 1.82) is 0 Å². The molecular weight excluding hydrogens is 382 g/mol. The van der Waals surface area contributed by atoms with Gasteiger partial charge < -0.3 is 10.1 Å². The zero-order valence-corrected chi connectivity index (χ0v) is 15.3. The van der Waals surface area contributed by atoms with Crippen LogP contribution in [0.3, 0.4) is 0 Å². The minimum Gasteiger partial charge on any atom is -0.457 e. The van der Waals surface area contributed by atoms with Crippen LogP contribution in [0.5, 0.6) is 11.5 Å². The van der Waals surface area contributed by atoms with Crippen molar-refractivity contribution < 1.29 is 19.4 Å². The Morgan fingerprint density at radius 2 is 1.66 bits per heavy atom. The number of amides is 1. The summed E-state index contributed by atoms with van der Waals surface area (Å²) in [6, 6.07) is 9.19. The van der Waals surface area contributed by atoms with Crippen molar-refractivity contribution >= 4 is 23.0 Å². The smallest absolute Gasteiger partial charge is 0.319 e. The topological polar surface area (TPSA) is 153 Å². The quantitative estimate of drug-likeness (QED) is 0.472. The number of carbonyl (C=O) groups excluding carboxylic acids is 1. The van der Waals surface area contributed by atoms with Gasteiger partial charge in [0, 0.05) is 12.1 Å². The molecule has 0 unspecified atom stereocenters. The zero-order chi connectivity index (χ0) is 21.1. The van der Waals surface area contributed by atoms with E-state index in [1.807, 2.05) is 19.9 Å². The van der Waals surface area contributed by atoms with E-state index in [2.05, 4.69) is 15.5 Å². The second-order valence-electron chi connectivity index (χ2n) is 6.24. The van der Waals surface area contributed by atoms with Crippen molar-refractivity contribution in [3.05, 3.63) is 79.6 Å². The molecule has 11 nitrogen and oxygen atoms in total. The maximum Gasteiger partial charge on any atom is 0.319 e. The zero-order valence-electron chi connectivity index (χ0n) is 15.3. The number of ether oxygens (including phenoxy) is 1. The third-order valence-corrected chi connectivity index (χ3v) is 3.83. The predicted molar refractivity (Wildman–Crippen MR) is 102 cm³/mol. The number of aromatic nitrogens is 2. The number of H-pyrrole nitrogens is 1. The van der Waals surface area contributed by atoms with Crippen LogP contribution in [0.4, 0.5) is 17.1 Å². The average molecular weight is 397 g/mol. The van der Waals surface area contributed by atoms with Crippen LogP contribution in [0.15, 0.2) is 42.6 Å². The van der Waals surface area contributed by atoms with Gasteiger partial charge in [0.05, 0.1) is 21.6 Å². The Hall–Kier alpha value is -4.28. The van der Waals surface area contributed by atoms with Gasteiger partial charge in [0.15, 0.2) is 0 Å². The van der Waals surface area contributed by atoms with Gasteiger partial charge in [-0.05, 0) is 37.1 Å². The van der Waals surface area contributed by atoms with Crippen LogP contribution in [-0.2, 0) is 0 Å². The fourth-order valence-corrected chi connectivity index (χ4v) is 2.73. The Bertz CT molecular complexity index is 1100. The number of hydrogen-bond donors (Lipinski definition) is 2. The predicted octanol–water partition coefficient (Wildman–Crippen LogP) is 3.89. The van der Waals surface area contributed by atoms with E-state index in [1.165, 1.54) is 12.1 Å². The van der Waals surface area contributed by atoms with Crippen LogP contribution in [-0.4, -0.2) is 26.0 Å². The summed E-state index contributed by atoms with van der Waals surface area (Å²) >= 11 is 0. The molecule has 0 aliphatic carbocycles. The standard InChI is InChI=1S/C18H15N5O6/c1-10-3-11(2)5-14(4-10)29-15-7-12(6-13(8-15)22(25)26)20-18(24)17-16(23(27)28)9-19-21-17/h3-9H,1-2H3,(H,19,21)(H,20,24). The van der Waals surface area contributed by atoms with Crippen molar-refractivity contribution in [2.45, 2.75) is 13.8 Å². The number of carbonyl (C=O) groups is 1. The van der Waals surface area contributed by atoms with Crippen LogP contribution in [0.2, 0.25) is 0 Å². The molecule has 11 heteroatoms. The SMILES string of the molecule is Cc1cc(C)cc(Oc2cc(NC(=O)c3[nH]ncc3[N+](=O)[O-])cc([N+](=O)[O-])c2)c1. The first-order valence-corrected chi connectivity index (χ1v) is 8.27. The molecule has 0 atom stereocenters. The largest absolute Gasteiger partial charge is 0.457 e. The number of nitro groups is 2. The van der Waals surface area contributed by atoms with Gasteiger partial charge in [0.2, 0.25) is 5.69 Å². The molecule has 1 aromatic heterocycles. The Kier molecular flexibility index (Phi) is 5.21. The lowest BCUT2D eigenvalue weighted by atomic mass is 10.1. The number of non-ortho nitro benzene ring substituents is 1. The molecule has 0 saturated heterocycles. The highest BCUT2D eigenvalue weighted by Gasteiger charge is 2.23. The van der Waals surface area contributed by atoms with Gasteiger partial charge in [-0.1, -0.05) is 6.07 Å². The molecular formula is C18H15N5O6. The van der Waals surface area contributed by atoms with Crippen LogP contribution < -0.4 is 10.1 Å². The summed E-state index contributed by atoms with van der Waals surface area (Å²) < 4.78 is 5.72. The molecule has 2 aromatic carbocycles. The number of aryl methyl sites for hydroxylation is 2. The first kappa shape index (κ1) is 19.5. The lowest BCUT2D eigenvalue weighted by Crippen LogP contribution is -2.14. The highest BCUT2D eigenvalue weighted by Crippen LogP contribution is 2.31. The summed E-state index contributed by atoms with van der Waals surface area (Å²) in [6.07, 6.45) is 0.900. The molecule has 0 aliphatic rings. The van der Waals surface area contributed by atoms with E-state index in [1.54, 1.807) is 12.1 Å². The normalized spacial score (nSPS) is 10.4. The minimum absolute atomic E-state index is 0.0347. The Morgan fingerprint density at radius 3 is 2.28 bits per heavy atom. The third kappa shape index (κ3) is 4.53. The van der Waals surface area contributed by atoms with E-state index in [0.29, 0.717) is 5.75 Å². The van der Waals surface area contributed by atoms with Crippen molar-refractivity contribution in [2.75, 3.05) is 5.32 Å². The van der Waals surface area contributed by atoms with E-state index >= 15 is 0 Å². The van der Waals surface area contributed by atoms with E-state index in [0.717, 1.165) is 23.4 Å². The minimum atomic E-state index is -0.868. The van der Waals surface area contributed by atoms with Gasteiger partial charge in [-0.3, -0.25) is 30.1 Å². The number of aromatic amines is 1. The molecule has 0 bridgehead atoms. The number of anilines is 1. The molecule has 1 heterocycles. The second kappa shape index (κ2) is 7.76. The van der Waals surface area contributed by atoms with Gasteiger partial charge in [0.25, 0.3) is 11.6 Å². The Balaban J connectivity index is 1.92. The van der Waals surface area contributed by atoms with Crippen molar-refractivity contribution in [3.8, 4) is 11.5 Å². The molecule has 3 aromatic rings. The van der Waals surface area contributed by atoms with Crippen molar-refractivity contribution in [2.24, 2.45) is 0 Å². The molecule has 0 fully saturated rings. The van der Waals surface area contributed by atoms with Crippen LogP contribution in [0.25, 0.3) is 0 Å². The van der Waals surface area contributed by atoms with Gasteiger partial charge in [-0.2, -0.15) is 5.10 Å². The van der Waals surface area contributed by atoms with E-state index < -0.39 is 21.4 Å². The maximum absolute atomic E-state index is 12.3. The van der Waals surface area contributed by atoms with Gasteiger partial charge in [-0.25, -0.2) is 0 Å². The molecule has 0 radical (unpaired) electrons. The van der Waals surface area contributed by atoms with Crippen molar-refractivity contribution in [3.63, 3.8) is 0 Å². The number of hydrogen-bond acceptors (Lipinski definition) is 7. The third-order valence-electron chi connectivity index (χ3n) is 3.83. The van der Waals surface area contributed by atoms with Crippen LogP contribution >= 0.6 is 0 Å². The lowest BCUT2D eigenvalue weighted by Gasteiger charge is -2.10. The molecule has 0 spiro atoms. The molecule has 1 amide bonds. The summed E-state index contributed by atoms with van der Waals surface area (Å²) in [7, 11) is 0. The van der Waals surface area contributed by atoms with Crippen LogP contribution in [0.1, 0.15) is 21.6 Å². The van der Waals surface area contributed by atoms with Gasteiger partial charge in [-0.15, -0.1) is 0 Å². The molecule has 148 valence electrons. The summed E-state index contributed by atoms with van der Waals surface area (Å²) in [4.78, 5) is 33.2. The molecule has 0 aliphatic heterocycles. The summed E-state index contributed by atoms with van der Waals surface area (Å²) in [5.41, 5.74) is 0.725. The van der Waals surface area contributed by atoms with Crippen molar-refractivity contribution in [1.82, 2.24) is 10.2 Å². The monoisotopic (exact) mass is 397 g/mol. The number of nitro benzene ring substituents is 1. The first-order valence-electron chi connectivity index (χ1n) is 8.27.